The van der Waals surface area contributed by atoms with Crippen molar-refractivity contribution in [2.75, 3.05) is 0 Å². The molecular formula is C27H31FN3O5-. The Labute approximate surface area is 209 Å². The Morgan fingerprint density at radius 3 is 2.33 bits per heavy atom. The van der Waals surface area contributed by atoms with Crippen LogP contribution in [0.4, 0.5) is 4.39 Å². The van der Waals surface area contributed by atoms with Crippen molar-refractivity contribution >= 4 is 11.9 Å². The maximum Gasteiger partial charge on any atom is 0.272 e. The topological polar surface area (TPSA) is 128 Å². The van der Waals surface area contributed by atoms with Gasteiger partial charge < -0.3 is 25.4 Å². The van der Waals surface area contributed by atoms with Crippen LogP contribution in [0.5, 0.6) is 0 Å². The first-order chi connectivity index (χ1) is 17.2. The second-order valence-electron chi connectivity index (χ2n) is 9.08. The molecule has 0 radical (unpaired) electrons. The highest BCUT2D eigenvalue weighted by Crippen LogP contribution is 2.28. The van der Waals surface area contributed by atoms with Crippen LogP contribution in [0.3, 0.4) is 0 Å². The molecule has 192 valence electrons. The SMILES string of the molecule is CC(C)c1c(C(=O)NCc2ccccc2)nn(-c2ccc(F)cc2)c1CC[C@@H](O)C[C@@H](O)CC(=O)[O-]. The second-order valence-corrected chi connectivity index (χ2v) is 9.08. The van der Waals surface area contributed by atoms with Crippen LogP contribution < -0.4 is 10.4 Å². The quantitative estimate of drug-likeness (QED) is 0.353. The lowest BCUT2D eigenvalue weighted by molar-refractivity contribution is -0.307. The molecular weight excluding hydrogens is 465 g/mol. The molecule has 0 bridgehead atoms. The number of carbonyl (C=O) groups is 2. The minimum absolute atomic E-state index is 0.0903. The number of hydrogen-bond acceptors (Lipinski definition) is 6. The third-order valence-corrected chi connectivity index (χ3v) is 5.84. The Morgan fingerprint density at radius 1 is 1.06 bits per heavy atom. The standard InChI is InChI=1S/C27H32FN3O5/c1-17(2)25-23(13-12-21(32)14-22(33)15-24(34)35)31(20-10-8-19(28)9-11-20)30-26(25)27(36)29-16-18-6-4-3-5-7-18/h3-11,17,21-22,32-33H,12-16H2,1-2H3,(H,29,36)(H,34,35)/p-1/t21-,22-/m1/s1. The molecule has 0 fully saturated rings. The van der Waals surface area contributed by atoms with E-state index in [4.69, 9.17) is 0 Å². The number of carboxylic acids is 1. The van der Waals surface area contributed by atoms with Gasteiger partial charge in [0.15, 0.2) is 5.69 Å². The van der Waals surface area contributed by atoms with E-state index in [0.717, 1.165) is 5.56 Å². The summed E-state index contributed by atoms with van der Waals surface area (Å²) >= 11 is 0. The molecule has 0 aliphatic rings. The van der Waals surface area contributed by atoms with E-state index in [9.17, 15) is 29.3 Å². The molecule has 2 aromatic carbocycles. The molecule has 1 aromatic heterocycles. The predicted molar refractivity (Wildman–Crippen MR) is 130 cm³/mol. The van der Waals surface area contributed by atoms with Crippen LogP contribution in [0.1, 0.15) is 66.3 Å². The van der Waals surface area contributed by atoms with E-state index in [1.165, 1.54) is 12.1 Å². The van der Waals surface area contributed by atoms with Crippen molar-refractivity contribution in [1.82, 2.24) is 15.1 Å². The minimum atomic E-state index is -1.39. The number of carboxylic acid groups (broad SMARTS) is 1. The van der Waals surface area contributed by atoms with Crippen LogP contribution in [-0.2, 0) is 17.8 Å². The third kappa shape index (κ3) is 7.22. The van der Waals surface area contributed by atoms with Crippen molar-refractivity contribution in [2.24, 2.45) is 0 Å². The molecule has 8 nitrogen and oxygen atoms in total. The second kappa shape index (κ2) is 12.4. The Balaban J connectivity index is 1.90. The highest BCUT2D eigenvalue weighted by Gasteiger charge is 2.26. The summed E-state index contributed by atoms with van der Waals surface area (Å²) in [5, 5.41) is 38.4. The first-order valence-electron chi connectivity index (χ1n) is 11.9. The number of aliphatic hydroxyl groups is 2. The van der Waals surface area contributed by atoms with Gasteiger partial charge in [0.05, 0.1) is 17.9 Å². The Morgan fingerprint density at radius 2 is 1.72 bits per heavy atom. The zero-order valence-electron chi connectivity index (χ0n) is 20.4. The van der Waals surface area contributed by atoms with Crippen LogP contribution in [0.15, 0.2) is 54.6 Å². The average Bonchev–Trinajstić information content (AvgIpc) is 3.21. The first-order valence-corrected chi connectivity index (χ1v) is 11.9. The Bertz CT molecular complexity index is 1160. The molecule has 36 heavy (non-hydrogen) atoms. The van der Waals surface area contributed by atoms with Gasteiger partial charge >= 0.3 is 0 Å². The lowest BCUT2D eigenvalue weighted by Crippen LogP contribution is -2.29. The molecule has 0 unspecified atom stereocenters. The molecule has 2 atom stereocenters. The van der Waals surface area contributed by atoms with E-state index in [0.29, 0.717) is 29.9 Å². The van der Waals surface area contributed by atoms with Gasteiger partial charge in [-0.3, -0.25) is 4.79 Å². The van der Waals surface area contributed by atoms with Crippen molar-refractivity contribution in [2.45, 2.75) is 64.2 Å². The van der Waals surface area contributed by atoms with Gasteiger partial charge in [0, 0.05) is 30.2 Å². The molecule has 0 aliphatic carbocycles. The summed E-state index contributed by atoms with van der Waals surface area (Å²) in [6.07, 6.45) is -2.40. The van der Waals surface area contributed by atoms with Crippen LogP contribution in [0.25, 0.3) is 5.69 Å². The molecule has 0 aliphatic heterocycles. The molecule has 1 amide bonds. The van der Waals surface area contributed by atoms with Crippen LogP contribution in [0, 0.1) is 5.82 Å². The van der Waals surface area contributed by atoms with Crippen molar-refractivity contribution in [3.63, 3.8) is 0 Å². The predicted octanol–water partition coefficient (Wildman–Crippen LogP) is 2.25. The van der Waals surface area contributed by atoms with Gasteiger partial charge in [0.1, 0.15) is 5.82 Å². The van der Waals surface area contributed by atoms with Gasteiger partial charge in [-0.1, -0.05) is 44.2 Å². The van der Waals surface area contributed by atoms with E-state index < -0.39 is 30.4 Å². The average molecular weight is 497 g/mol. The number of aromatic nitrogens is 2. The number of hydrogen-bond donors (Lipinski definition) is 3. The lowest BCUT2D eigenvalue weighted by Gasteiger charge is -2.17. The number of nitrogens with zero attached hydrogens (tertiary/aromatic N) is 2. The number of rotatable bonds is 12. The summed E-state index contributed by atoms with van der Waals surface area (Å²) in [6, 6.07) is 15.2. The summed E-state index contributed by atoms with van der Waals surface area (Å²) in [6.45, 7) is 4.19. The van der Waals surface area contributed by atoms with E-state index in [1.807, 2.05) is 44.2 Å². The molecule has 1 heterocycles. The lowest BCUT2D eigenvalue weighted by atomic mass is 9.95. The van der Waals surface area contributed by atoms with Gasteiger partial charge in [0.2, 0.25) is 0 Å². The van der Waals surface area contributed by atoms with Gasteiger partial charge in [-0.15, -0.1) is 0 Å². The number of halogens is 1. The van der Waals surface area contributed by atoms with Crippen molar-refractivity contribution in [3.8, 4) is 5.69 Å². The number of aliphatic hydroxyl groups excluding tert-OH is 2. The van der Waals surface area contributed by atoms with Gasteiger partial charge in [-0.05, 0) is 55.0 Å². The zero-order chi connectivity index (χ0) is 26.2. The normalized spacial score (nSPS) is 12.9. The number of benzene rings is 2. The van der Waals surface area contributed by atoms with Crippen molar-refractivity contribution in [3.05, 3.63) is 82.9 Å². The van der Waals surface area contributed by atoms with Gasteiger partial charge in [-0.2, -0.15) is 5.10 Å². The van der Waals surface area contributed by atoms with Crippen molar-refractivity contribution < 1.29 is 29.3 Å². The molecule has 9 heteroatoms. The largest absolute Gasteiger partial charge is 0.550 e. The van der Waals surface area contributed by atoms with Crippen molar-refractivity contribution in [1.29, 1.82) is 0 Å². The maximum atomic E-state index is 13.6. The summed E-state index contributed by atoms with van der Waals surface area (Å²) < 4.78 is 15.2. The monoisotopic (exact) mass is 496 g/mol. The fourth-order valence-electron chi connectivity index (χ4n) is 4.15. The molecule has 0 saturated carbocycles. The van der Waals surface area contributed by atoms with E-state index in [1.54, 1.807) is 16.8 Å². The van der Waals surface area contributed by atoms with E-state index in [-0.39, 0.29) is 30.4 Å². The Kier molecular flexibility index (Phi) is 9.32. The minimum Gasteiger partial charge on any atom is -0.550 e. The van der Waals surface area contributed by atoms with Gasteiger partial charge in [-0.25, -0.2) is 9.07 Å². The summed E-state index contributed by atoms with van der Waals surface area (Å²) in [5.74, 6) is -2.24. The fraction of sp³-hybridized carbons (Fsp3) is 0.370. The summed E-state index contributed by atoms with van der Waals surface area (Å²) in [4.78, 5) is 23.9. The third-order valence-electron chi connectivity index (χ3n) is 5.84. The summed E-state index contributed by atoms with van der Waals surface area (Å²) in [5.41, 5.74) is 3.12. The first kappa shape index (κ1) is 27.0. The molecule has 0 saturated heterocycles. The maximum absolute atomic E-state index is 13.6. The number of amides is 1. The number of nitrogens with one attached hydrogen (secondary N) is 1. The highest BCUT2D eigenvalue weighted by atomic mass is 19.1. The van der Waals surface area contributed by atoms with Crippen LogP contribution >= 0.6 is 0 Å². The van der Waals surface area contributed by atoms with Crippen LogP contribution in [0.2, 0.25) is 0 Å². The smallest absolute Gasteiger partial charge is 0.272 e. The molecule has 3 N–H and O–H groups in total. The molecule has 3 rings (SSSR count). The number of carbonyl (C=O) groups excluding carboxylic acids is 2. The molecule has 0 spiro atoms. The zero-order valence-corrected chi connectivity index (χ0v) is 20.4. The number of aliphatic carboxylic acids is 1. The molecule has 3 aromatic rings. The Hall–Kier alpha value is -3.56. The highest BCUT2D eigenvalue weighted by molar-refractivity contribution is 5.94. The van der Waals surface area contributed by atoms with Crippen LogP contribution in [-0.4, -0.2) is 44.1 Å². The van der Waals surface area contributed by atoms with E-state index >= 15 is 0 Å². The fourth-order valence-corrected chi connectivity index (χ4v) is 4.15. The summed E-state index contributed by atoms with van der Waals surface area (Å²) in [7, 11) is 0. The van der Waals surface area contributed by atoms with E-state index in [2.05, 4.69) is 10.4 Å². The van der Waals surface area contributed by atoms with Gasteiger partial charge in [0.25, 0.3) is 5.91 Å².